The number of hydrogen-bond donors (Lipinski definition) is 3. The van der Waals surface area contributed by atoms with Gasteiger partial charge in [-0.25, -0.2) is 4.98 Å². The van der Waals surface area contributed by atoms with E-state index in [0.29, 0.717) is 23.6 Å². The Kier molecular flexibility index (Phi) is 6.29. The Balaban J connectivity index is 2.18. The zero-order valence-electron chi connectivity index (χ0n) is 14.8. The Labute approximate surface area is 155 Å². The third-order valence-corrected chi connectivity index (χ3v) is 4.43. The van der Waals surface area contributed by atoms with Crippen LogP contribution in [-0.2, 0) is 16.2 Å². The third kappa shape index (κ3) is 4.79. The molecular formula is C17H21N5O3S. The lowest BCUT2D eigenvalue weighted by Gasteiger charge is -2.14. The molecule has 1 aromatic heterocycles. The van der Waals surface area contributed by atoms with Gasteiger partial charge in [0.2, 0.25) is 5.91 Å². The van der Waals surface area contributed by atoms with Crippen LogP contribution in [0.3, 0.4) is 0 Å². The summed E-state index contributed by atoms with van der Waals surface area (Å²) in [6, 6.07) is 4.16. The summed E-state index contributed by atoms with van der Waals surface area (Å²) in [6.07, 6.45) is 1.76. The molecule has 5 N–H and O–H groups in total. The molecule has 0 aliphatic heterocycles. The van der Waals surface area contributed by atoms with E-state index in [1.54, 1.807) is 35.7 Å². The molecule has 2 aromatic rings. The topological polar surface area (TPSA) is 133 Å². The molecule has 26 heavy (non-hydrogen) atoms. The molecule has 0 unspecified atom stereocenters. The fourth-order valence-corrected chi connectivity index (χ4v) is 2.85. The van der Waals surface area contributed by atoms with Gasteiger partial charge < -0.3 is 21.5 Å². The Hall–Kier alpha value is -2.94. The second-order valence-electron chi connectivity index (χ2n) is 5.55. The highest BCUT2D eigenvalue weighted by Crippen LogP contribution is 2.23. The van der Waals surface area contributed by atoms with Crippen LogP contribution in [0.25, 0.3) is 0 Å². The van der Waals surface area contributed by atoms with Crippen molar-refractivity contribution in [1.82, 2.24) is 10.3 Å². The predicted octanol–water partition coefficient (Wildman–Crippen LogP) is 1.02. The van der Waals surface area contributed by atoms with Crippen molar-refractivity contribution in [2.45, 2.75) is 26.5 Å². The Bertz CT molecular complexity index is 847. The van der Waals surface area contributed by atoms with Crippen LogP contribution in [-0.4, -0.2) is 35.6 Å². The molecule has 138 valence electrons. The minimum Gasteiger partial charge on any atom is -0.488 e. The van der Waals surface area contributed by atoms with Gasteiger partial charge >= 0.3 is 0 Å². The average Bonchev–Trinajstić information content (AvgIpc) is 3.01. The number of nitrogens with two attached hydrogens (primary N) is 2. The number of carbonyl (C=O) groups excluding carboxylic acids is 2. The van der Waals surface area contributed by atoms with Crippen molar-refractivity contribution in [2.75, 3.05) is 12.8 Å². The summed E-state index contributed by atoms with van der Waals surface area (Å²) in [7, 11) is 1.47. The number of aliphatic imine (C=N–C) groups is 1. The maximum atomic E-state index is 12.4. The largest absolute Gasteiger partial charge is 0.488 e. The van der Waals surface area contributed by atoms with Crippen molar-refractivity contribution in [3.05, 3.63) is 39.8 Å². The Morgan fingerprint density at radius 1 is 1.42 bits per heavy atom. The molecule has 1 heterocycles. The maximum Gasteiger partial charge on any atom is 0.270 e. The number of aromatic nitrogens is 1. The molecule has 9 heteroatoms. The van der Waals surface area contributed by atoms with Crippen molar-refractivity contribution < 1.29 is 14.3 Å². The number of primary amides is 1. The number of nitrogens with zero attached hydrogens (tertiary/aromatic N) is 2. The lowest BCUT2D eigenvalue weighted by molar-refractivity contribution is -0.123. The van der Waals surface area contributed by atoms with Gasteiger partial charge in [-0.15, -0.1) is 11.3 Å². The SMILES string of the molecule is CN=C(C(=O)N[C@@H](C)C(N)=O)c1cc(OCc2cnc(C)s2)ccc1N. The molecule has 1 aromatic carbocycles. The molecule has 0 saturated heterocycles. The molecule has 0 aliphatic rings. The fourth-order valence-electron chi connectivity index (χ4n) is 2.14. The molecule has 1 atom stereocenters. The van der Waals surface area contributed by atoms with Crippen LogP contribution < -0.4 is 21.5 Å². The van der Waals surface area contributed by atoms with Gasteiger partial charge in [-0.05, 0) is 32.0 Å². The maximum absolute atomic E-state index is 12.4. The fraction of sp³-hybridized carbons (Fsp3) is 0.294. The number of carbonyl (C=O) groups is 2. The zero-order chi connectivity index (χ0) is 19.3. The first-order valence-corrected chi connectivity index (χ1v) is 8.64. The van der Waals surface area contributed by atoms with Gasteiger partial charge in [0, 0.05) is 24.5 Å². The van der Waals surface area contributed by atoms with E-state index in [9.17, 15) is 9.59 Å². The number of hydrogen-bond acceptors (Lipinski definition) is 7. The summed E-state index contributed by atoms with van der Waals surface area (Å²) in [5.41, 5.74) is 12.0. The third-order valence-electron chi connectivity index (χ3n) is 3.54. The molecule has 0 radical (unpaired) electrons. The van der Waals surface area contributed by atoms with Crippen LogP contribution in [0.4, 0.5) is 5.69 Å². The Morgan fingerprint density at radius 2 is 2.15 bits per heavy atom. The summed E-state index contributed by atoms with van der Waals surface area (Å²) in [4.78, 5) is 32.7. The lowest BCUT2D eigenvalue weighted by atomic mass is 10.1. The molecule has 8 nitrogen and oxygen atoms in total. The van der Waals surface area contributed by atoms with Gasteiger partial charge in [-0.2, -0.15) is 0 Å². The highest BCUT2D eigenvalue weighted by molar-refractivity contribution is 7.11. The number of benzene rings is 1. The minimum atomic E-state index is -0.825. The van der Waals surface area contributed by atoms with Crippen LogP contribution in [0, 0.1) is 6.92 Å². The highest BCUT2D eigenvalue weighted by Gasteiger charge is 2.20. The summed E-state index contributed by atoms with van der Waals surface area (Å²) >= 11 is 1.55. The second kappa shape index (κ2) is 8.43. The second-order valence-corrected chi connectivity index (χ2v) is 6.87. The highest BCUT2D eigenvalue weighted by atomic mass is 32.1. The molecule has 2 rings (SSSR count). The number of nitrogen functional groups attached to an aromatic ring is 1. The number of thiazole rings is 1. The van der Waals surface area contributed by atoms with Crippen LogP contribution in [0.5, 0.6) is 5.75 Å². The summed E-state index contributed by atoms with van der Waals surface area (Å²) in [5.74, 6) is -0.642. The molecule has 0 spiro atoms. The van der Waals surface area contributed by atoms with Crippen LogP contribution in [0.15, 0.2) is 29.4 Å². The van der Waals surface area contributed by atoms with E-state index in [-0.39, 0.29) is 5.71 Å². The summed E-state index contributed by atoms with van der Waals surface area (Å²) in [5, 5.41) is 3.45. The molecular weight excluding hydrogens is 354 g/mol. The van der Waals surface area contributed by atoms with E-state index in [0.717, 1.165) is 9.88 Å². The Morgan fingerprint density at radius 3 is 2.73 bits per heavy atom. The smallest absolute Gasteiger partial charge is 0.270 e. The quantitative estimate of drug-likeness (QED) is 0.491. The standard InChI is InChI=1S/C17H21N5O3S/c1-9(16(19)23)22-17(24)15(20-3)13-6-11(4-5-14(13)18)25-8-12-7-21-10(2)26-12/h4-7,9H,8,18H2,1-3H3,(H2,19,23)(H,22,24)/t9-/m0/s1. The average molecular weight is 375 g/mol. The number of aryl methyl sites for hydroxylation is 1. The van der Waals surface area contributed by atoms with Crippen molar-refractivity contribution in [2.24, 2.45) is 10.7 Å². The first-order valence-electron chi connectivity index (χ1n) is 7.82. The van der Waals surface area contributed by atoms with Crippen molar-refractivity contribution in [1.29, 1.82) is 0 Å². The van der Waals surface area contributed by atoms with E-state index in [4.69, 9.17) is 16.2 Å². The molecule has 0 fully saturated rings. The van der Waals surface area contributed by atoms with Gasteiger partial charge in [0.25, 0.3) is 5.91 Å². The number of anilines is 1. The zero-order valence-corrected chi connectivity index (χ0v) is 15.6. The van der Waals surface area contributed by atoms with Gasteiger partial charge in [0.15, 0.2) is 0 Å². The van der Waals surface area contributed by atoms with Gasteiger partial charge in [0.05, 0.1) is 9.88 Å². The van der Waals surface area contributed by atoms with Gasteiger partial charge in [-0.3, -0.25) is 14.6 Å². The molecule has 0 aliphatic carbocycles. The first kappa shape index (κ1) is 19.4. The molecule has 0 saturated carbocycles. The summed E-state index contributed by atoms with van der Waals surface area (Å²) < 4.78 is 5.75. The molecule has 0 bridgehead atoms. The van der Waals surface area contributed by atoms with Crippen molar-refractivity contribution in [3.63, 3.8) is 0 Å². The minimum absolute atomic E-state index is 0.0923. The van der Waals surface area contributed by atoms with E-state index in [1.807, 2.05) is 6.92 Å². The van der Waals surface area contributed by atoms with Gasteiger partial charge in [-0.1, -0.05) is 0 Å². The van der Waals surface area contributed by atoms with Crippen LogP contribution >= 0.6 is 11.3 Å². The van der Waals surface area contributed by atoms with E-state index in [1.165, 1.54) is 14.0 Å². The van der Waals surface area contributed by atoms with Crippen molar-refractivity contribution in [3.8, 4) is 5.75 Å². The van der Waals surface area contributed by atoms with Crippen LogP contribution in [0.1, 0.15) is 22.4 Å². The van der Waals surface area contributed by atoms with E-state index >= 15 is 0 Å². The normalized spacial score (nSPS) is 12.5. The summed E-state index contributed by atoms with van der Waals surface area (Å²) in [6.45, 7) is 3.77. The number of rotatable bonds is 7. The molecule has 2 amide bonds. The van der Waals surface area contributed by atoms with Crippen molar-refractivity contribution >= 4 is 34.6 Å². The lowest BCUT2D eigenvalue weighted by Crippen LogP contribution is -2.45. The number of nitrogens with one attached hydrogen (secondary N) is 1. The van der Waals surface area contributed by atoms with Gasteiger partial charge in [0.1, 0.15) is 24.1 Å². The first-order chi connectivity index (χ1) is 12.3. The van der Waals surface area contributed by atoms with E-state index in [2.05, 4.69) is 15.3 Å². The number of amides is 2. The van der Waals surface area contributed by atoms with E-state index < -0.39 is 17.9 Å². The number of ether oxygens (including phenoxy) is 1. The predicted molar refractivity (Wildman–Crippen MR) is 101 cm³/mol. The van der Waals surface area contributed by atoms with Crippen LogP contribution in [0.2, 0.25) is 0 Å². The monoisotopic (exact) mass is 375 g/mol.